The van der Waals surface area contributed by atoms with Gasteiger partial charge in [-0.3, -0.25) is 9.59 Å². The molecule has 1 N–H and O–H groups in total. The van der Waals surface area contributed by atoms with Gasteiger partial charge in [0, 0.05) is 24.9 Å². The number of carbonyl (C=O) groups is 2. The maximum Gasteiger partial charge on any atom is 0.303 e. The van der Waals surface area contributed by atoms with Crippen molar-refractivity contribution in [1.82, 2.24) is 4.90 Å². The predicted molar refractivity (Wildman–Crippen MR) is 86.7 cm³/mol. The first-order valence-electron chi connectivity index (χ1n) is 9.21. The third-order valence-electron chi connectivity index (χ3n) is 5.26. The Kier molecular flexibility index (Phi) is 7.20. The molecule has 0 saturated heterocycles. The molecule has 4 heteroatoms. The highest BCUT2D eigenvalue weighted by Gasteiger charge is 2.31. The van der Waals surface area contributed by atoms with E-state index in [1.807, 2.05) is 0 Å². The fourth-order valence-corrected chi connectivity index (χ4v) is 4.11. The molecule has 2 aliphatic carbocycles. The number of hydrogen-bond acceptors (Lipinski definition) is 2. The summed E-state index contributed by atoms with van der Waals surface area (Å²) >= 11 is 0. The first-order chi connectivity index (χ1) is 10.7. The zero-order valence-electron chi connectivity index (χ0n) is 13.8. The Morgan fingerprint density at radius 3 is 1.68 bits per heavy atom. The van der Waals surface area contributed by atoms with E-state index in [4.69, 9.17) is 5.11 Å². The summed E-state index contributed by atoms with van der Waals surface area (Å²) in [5.74, 6) is -0.479. The monoisotopic (exact) mass is 309 g/mol. The molecule has 2 rings (SSSR count). The Bertz CT molecular complexity index is 339. The average Bonchev–Trinajstić information content (AvgIpc) is 2.54. The summed E-state index contributed by atoms with van der Waals surface area (Å²) in [5.41, 5.74) is 0. The van der Waals surface area contributed by atoms with Gasteiger partial charge in [-0.1, -0.05) is 38.5 Å². The zero-order chi connectivity index (χ0) is 15.8. The van der Waals surface area contributed by atoms with Gasteiger partial charge in [-0.25, -0.2) is 0 Å². The van der Waals surface area contributed by atoms with Crippen LogP contribution in [-0.4, -0.2) is 34.0 Å². The Morgan fingerprint density at radius 1 is 0.773 bits per heavy atom. The number of aliphatic carboxylic acids is 1. The van der Waals surface area contributed by atoms with Crippen LogP contribution in [-0.2, 0) is 9.59 Å². The van der Waals surface area contributed by atoms with E-state index in [0.717, 1.165) is 25.7 Å². The van der Waals surface area contributed by atoms with E-state index in [9.17, 15) is 9.59 Å². The molecule has 0 aromatic rings. The van der Waals surface area contributed by atoms with Gasteiger partial charge in [0.15, 0.2) is 0 Å². The number of carboxylic acid groups (broad SMARTS) is 1. The van der Waals surface area contributed by atoms with Crippen molar-refractivity contribution in [3.05, 3.63) is 0 Å². The van der Waals surface area contributed by atoms with E-state index in [0.29, 0.717) is 31.3 Å². The number of nitrogens with zero attached hydrogens (tertiary/aromatic N) is 1. The highest BCUT2D eigenvalue weighted by Crippen LogP contribution is 2.31. The number of amides is 1. The van der Waals surface area contributed by atoms with Crippen LogP contribution >= 0.6 is 0 Å². The molecular weight excluding hydrogens is 278 g/mol. The van der Waals surface area contributed by atoms with E-state index in [-0.39, 0.29) is 12.3 Å². The minimum atomic E-state index is -0.760. The van der Waals surface area contributed by atoms with Crippen molar-refractivity contribution in [2.75, 3.05) is 0 Å². The van der Waals surface area contributed by atoms with Crippen LogP contribution in [0.5, 0.6) is 0 Å². The molecule has 126 valence electrons. The lowest BCUT2D eigenvalue weighted by Gasteiger charge is -2.42. The van der Waals surface area contributed by atoms with Crippen molar-refractivity contribution in [2.45, 2.75) is 102 Å². The largest absolute Gasteiger partial charge is 0.481 e. The van der Waals surface area contributed by atoms with E-state index < -0.39 is 5.97 Å². The molecular formula is C18H31NO3. The Hall–Kier alpha value is -1.06. The molecule has 0 aromatic heterocycles. The van der Waals surface area contributed by atoms with Crippen LogP contribution in [0.25, 0.3) is 0 Å². The van der Waals surface area contributed by atoms with Gasteiger partial charge in [-0.05, 0) is 38.5 Å². The number of carbonyl (C=O) groups excluding carboxylic acids is 1. The summed E-state index contributed by atoms with van der Waals surface area (Å²) < 4.78 is 0. The Balaban J connectivity index is 1.90. The van der Waals surface area contributed by atoms with Gasteiger partial charge >= 0.3 is 5.97 Å². The fraction of sp³-hybridized carbons (Fsp3) is 0.889. The van der Waals surface area contributed by atoms with Crippen molar-refractivity contribution >= 4 is 11.9 Å². The van der Waals surface area contributed by atoms with Crippen LogP contribution < -0.4 is 0 Å². The summed E-state index contributed by atoms with van der Waals surface area (Å²) in [5, 5.41) is 8.70. The second-order valence-electron chi connectivity index (χ2n) is 6.99. The lowest BCUT2D eigenvalue weighted by Crippen LogP contribution is -2.48. The molecule has 0 heterocycles. The van der Waals surface area contributed by atoms with Crippen LogP contribution in [0, 0.1) is 0 Å². The Labute approximate surface area is 134 Å². The molecule has 0 spiro atoms. The van der Waals surface area contributed by atoms with Gasteiger partial charge in [-0.2, -0.15) is 0 Å². The van der Waals surface area contributed by atoms with Gasteiger partial charge in [0.05, 0.1) is 0 Å². The quantitative estimate of drug-likeness (QED) is 0.719. The minimum Gasteiger partial charge on any atom is -0.481 e. The van der Waals surface area contributed by atoms with Crippen LogP contribution in [0.3, 0.4) is 0 Å². The number of rotatable bonds is 7. The van der Waals surface area contributed by atoms with E-state index in [1.165, 1.54) is 38.5 Å². The molecule has 2 aliphatic rings. The molecule has 4 nitrogen and oxygen atoms in total. The third kappa shape index (κ3) is 5.29. The smallest absolute Gasteiger partial charge is 0.303 e. The molecule has 0 bridgehead atoms. The first-order valence-corrected chi connectivity index (χ1v) is 9.21. The SMILES string of the molecule is O=C(O)CCCCC(=O)N(C1CCCCC1)C1CCCCC1. The molecule has 1 amide bonds. The molecule has 22 heavy (non-hydrogen) atoms. The minimum absolute atomic E-state index is 0.181. The lowest BCUT2D eigenvalue weighted by molar-refractivity contribution is -0.139. The first kappa shape index (κ1) is 17.3. The second-order valence-corrected chi connectivity index (χ2v) is 6.99. The van der Waals surface area contributed by atoms with Crippen LogP contribution in [0.2, 0.25) is 0 Å². The van der Waals surface area contributed by atoms with Gasteiger partial charge in [0.25, 0.3) is 0 Å². The fourth-order valence-electron chi connectivity index (χ4n) is 4.11. The van der Waals surface area contributed by atoms with Crippen molar-refractivity contribution in [2.24, 2.45) is 0 Å². The summed E-state index contributed by atoms with van der Waals surface area (Å²) in [6.07, 6.45) is 14.3. The maximum atomic E-state index is 12.8. The summed E-state index contributed by atoms with van der Waals surface area (Å²) in [7, 11) is 0. The van der Waals surface area contributed by atoms with Gasteiger partial charge in [-0.15, -0.1) is 0 Å². The van der Waals surface area contributed by atoms with Crippen LogP contribution in [0.1, 0.15) is 89.9 Å². The highest BCUT2D eigenvalue weighted by atomic mass is 16.4. The lowest BCUT2D eigenvalue weighted by atomic mass is 9.88. The van der Waals surface area contributed by atoms with Crippen LogP contribution in [0.15, 0.2) is 0 Å². The topological polar surface area (TPSA) is 57.6 Å². The second kappa shape index (κ2) is 9.16. The standard InChI is InChI=1S/C18H31NO3/c20-17(13-7-8-14-18(21)22)19(15-9-3-1-4-10-15)16-11-5-2-6-12-16/h15-16H,1-14H2,(H,21,22). The highest BCUT2D eigenvalue weighted by molar-refractivity contribution is 5.77. The molecule has 2 saturated carbocycles. The van der Waals surface area contributed by atoms with E-state index in [1.54, 1.807) is 0 Å². The van der Waals surface area contributed by atoms with E-state index in [2.05, 4.69) is 4.90 Å². The molecule has 0 atom stereocenters. The summed E-state index contributed by atoms with van der Waals surface area (Å²) in [6.45, 7) is 0. The van der Waals surface area contributed by atoms with Crippen molar-refractivity contribution in [1.29, 1.82) is 0 Å². The molecule has 2 fully saturated rings. The van der Waals surface area contributed by atoms with E-state index >= 15 is 0 Å². The number of carboxylic acids is 1. The van der Waals surface area contributed by atoms with Crippen molar-refractivity contribution in [3.8, 4) is 0 Å². The molecule has 0 aliphatic heterocycles. The van der Waals surface area contributed by atoms with Gasteiger partial charge < -0.3 is 10.0 Å². The molecule has 0 aromatic carbocycles. The number of unbranched alkanes of at least 4 members (excludes halogenated alkanes) is 1. The maximum absolute atomic E-state index is 12.8. The predicted octanol–water partition coefficient (Wildman–Crippen LogP) is 4.13. The normalized spacial score (nSPS) is 20.7. The molecule has 0 unspecified atom stereocenters. The molecule has 0 radical (unpaired) electrons. The Morgan fingerprint density at radius 2 is 1.23 bits per heavy atom. The van der Waals surface area contributed by atoms with Crippen molar-refractivity contribution in [3.63, 3.8) is 0 Å². The number of hydrogen-bond donors (Lipinski definition) is 1. The summed E-state index contributed by atoms with van der Waals surface area (Å²) in [4.78, 5) is 25.6. The van der Waals surface area contributed by atoms with Crippen LogP contribution in [0.4, 0.5) is 0 Å². The summed E-state index contributed by atoms with van der Waals surface area (Å²) in [6, 6.07) is 0.896. The zero-order valence-corrected chi connectivity index (χ0v) is 13.8. The average molecular weight is 309 g/mol. The van der Waals surface area contributed by atoms with Crippen molar-refractivity contribution < 1.29 is 14.7 Å². The van der Waals surface area contributed by atoms with Gasteiger partial charge in [0.2, 0.25) is 5.91 Å². The third-order valence-corrected chi connectivity index (χ3v) is 5.26. The van der Waals surface area contributed by atoms with Gasteiger partial charge in [0.1, 0.15) is 0 Å².